The van der Waals surface area contributed by atoms with Crippen LogP contribution in [0.15, 0.2) is 57.6 Å². The van der Waals surface area contributed by atoms with Crippen LogP contribution in [0.5, 0.6) is 0 Å². The number of anilines is 1. The largest absolute Gasteiger partial charge is 0.451 e. The van der Waals surface area contributed by atoms with Gasteiger partial charge in [0.25, 0.3) is 5.91 Å². The number of hydrogen-bond donors (Lipinski definition) is 2. The Bertz CT molecular complexity index is 1000. The standard InChI is InChI=1S/C16H10BrN3O2/c17-11-2-1-9-6-15(22-14(9)7-11)16(21)19-12-3-4-13-10(5-12)8-18-20-13/h1-8H,(H,18,20)(H,19,21). The maximum Gasteiger partial charge on any atom is 0.291 e. The van der Waals surface area contributed by atoms with Gasteiger partial charge >= 0.3 is 0 Å². The van der Waals surface area contributed by atoms with Crippen LogP contribution < -0.4 is 5.32 Å². The minimum Gasteiger partial charge on any atom is -0.451 e. The van der Waals surface area contributed by atoms with Gasteiger partial charge in [-0.05, 0) is 42.5 Å². The fourth-order valence-corrected chi connectivity index (χ4v) is 2.67. The first kappa shape index (κ1) is 13.1. The number of nitrogens with one attached hydrogen (secondary N) is 2. The van der Waals surface area contributed by atoms with E-state index in [-0.39, 0.29) is 11.7 Å². The minimum absolute atomic E-state index is 0.278. The van der Waals surface area contributed by atoms with Crippen LogP contribution >= 0.6 is 15.9 Å². The molecular weight excluding hydrogens is 346 g/mol. The van der Waals surface area contributed by atoms with Gasteiger partial charge in [0.15, 0.2) is 5.76 Å². The van der Waals surface area contributed by atoms with E-state index in [1.54, 1.807) is 12.3 Å². The van der Waals surface area contributed by atoms with Crippen molar-refractivity contribution in [2.24, 2.45) is 0 Å². The number of benzene rings is 2. The van der Waals surface area contributed by atoms with Crippen molar-refractivity contribution in [3.63, 3.8) is 0 Å². The van der Waals surface area contributed by atoms with Gasteiger partial charge in [-0.3, -0.25) is 9.89 Å². The second kappa shape index (κ2) is 4.99. The highest BCUT2D eigenvalue weighted by atomic mass is 79.9. The number of aromatic amines is 1. The van der Waals surface area contributed by atoms with Gasteiger partial charge < -0.3 is 9.73 Å². The number of carbonyl (C=O) groups excluding carboxylic acids is 1. The molecule has 0 fully saturated rings. The first-order valence-electron chi connectivity index (χ1n) is 6.63. The topological polar surface area (TPSA) is 70.9 Å². The fraction of sp³-hybridized carbons (Fsp3) is 0. The van der Waals surface area contributed by atoms with E-state index >= 15 is 0 Å². The van der Waals surface area contributed by atoms with Crippen molar-refractivity contribution < 1.29 is 9.21 Å². The van der Waals surface area contributed by atoms with Crippen LogP contribution in [-0.4, -0.2) is 16.1 Å². The van der Waals surface area contributed by atoms with Crippen molar-refractivity contribution in [1.29, 1.82) is 0 Å². The van der Waals surface area contributed by atoms with Gasteiger partial charge in [-0.15, -0.1) is 0 Å². The SMILES string of the molecule is O=C(Nc1ccc2[nH]ncc2c1)c1cc2ccc(Br)cc2o1. The summed E-state index contributed by atoms with van der Waals surface area (Å²) < 4.78 is 6.50. The lowest BCUT2D eigenvalue weighted by molar-refractivity contribution is 0.0998. The Morgan fingerprint density at radius 3 is 2.95 bits per heavy atom. The second-order valence-electron chi connectivity index (χ2n) is 4.92. The third-order valence-electron chi connectivity index (χ3n) is 3.40. The lowest BCUT2D eigenvalue weighted by atomic mass is 10.2. The molecule has 2 heterocycles. The van der Waals surface area contributed by atoms with Crippen LogP contribution in [0.1, 0.15) is 10.6 Å². The van der Waals surface area contributed by atoms with Crippen molar-refractivity contribution in [1.82, 2.24) is 10.2 Å². The van der Waals surface area contributed by atoms with E-state index in [0.29, 0.717) is 11.3 Å². The molecule has 5 nitrogen and oxygen atoms in total. The van der Waals surface area contributed by atoms with E-state index in [2.05, 4.69) is 31.4 Å². The smallest absolute Gasteiger partial charge is 0.291 e. The monoisotopic (exact) mass is 355 g/mol. The Balaban J connectivity index is 1.64. The first-order chi connectivity index (χ1) is 10.7. The third-order valence-corrected chi connectivity index (χ3v) is 3.90. The van der Waals surface area contributed by atoms with Crippen LogP contribution in [-0.2, 0) is 0 Å². The molecule has 0 aliphatic heterocycles. The summed E-state index contributed by atoms with van der Waals surface area (Å²) in [6, 6.07) is 12.9. The zero-order valence-electron chi connectivity index (χ0n) is 11.3. The molecule has 0 spiro atoms. The summed E-state index contributed by atoms with van der Waals surface area (Å²) in [6.07, 6.45) is 1.71. The number of nitrogens with zero attached hydrogens (tertiary/aromatic N) is 1. The predicted molar refractivity (Wildman–Crippen MR) is 88.0 cm³/mol. The van der Waals surface area contributed by atoms with Crippen molar-refractivity contribution in [2.45, 2.75) is 0 Å². The minimum atomic E-state index is -0.282. The Labute approximate surface area is 133 Å². The quantitative estimate of drug-likeness (QED) is 0.562. The molecule has 4 aromatic rings. The highest BCUT2D eigenvalue weighted by molar-refractivity contribution is 9.10. The Morgan fingerprint density at radius 2 is 2.05 bits per heavy atom. The summed E-state index contributed by atoms with van der Waals surface area (Å²) in [5.41, 5.74) is 2.29. The molecule has 4 rings (SSSR count). The molecule has 108 valence electrons. The van der Waals surface area contributed by atoms with Gasteiger partial charge in [0.2, 0.25) is 0 Å². The molecule has 0 unspecified atom stereocenters. The van der Waals surface area contributed by atoms with Crippen LogP contribution in [0.2, 0.25) is 0 Å². The maximum absolute atomic E-state index is 12.3. The van der Waals surface area contributed by atoms with E-state index in [9.17, 15) is 4.79 Å². The van der Waals surface area contributed by atoms with E-state index in [1.165, 1.54) is 0 Å². The number of rotatable bonds is 2. The number of amides is 1. The highest BCUT2D eigenvalue weighted by Gasteiger charge is 2.13. The second-order valence-corrected chi connectivity index (χ2v) is 5.83. The van der Waals surface area contributed by atoms with Crippen LogP contribution in [0.3, 0.4) is 0 Å². The first-order valence-corrected chi connectivity index (χ1v) is 7.42. The summed E-state index contributed by atoms with van der Waals surface area (Å²) in [6.45, 7) is 0. The molecule has 6 heteroatoms. The van der Waals surface area contributed by atoms with Gasteiger partial charge in [0.1, 0.15) is 5.58 Å². The van der Waals surface area contributed by atoms with Gasteiger partial charge in [-0.2, -0.15) is 5.10 Å². The molecule has 22 heavy (non-hydrogen) atoms. The van der Waals surface area contributed by atoms with Gasteiger partial charge in [0, 0.05) is 20.9 Å². The molecular formula is C16H10BrN3O2. The predicted octanol–water partition coefficient (Wildman–Crippen LogP) is 4.32. The number of hydrogen-bond acceptors (Lipinski definition) is 3. The molecule has 0 aliphatic rings. The molecule has 0 bridgehead atoms. The van der Waals surface area contributed by atoms with Crippen LogP contribution in [0.4, 0.5) is 5.69 Å². The van der Waals surface area contributed by atoms with Crippen LogP contribution in [0, 0.1) is 0 Å². The number of aromatic nitrogens is 2. The maximum atomic E-state index is 12.3. The molecule has 0 aliphatic carbocycles. The number of furan rings is 1. The lowest BCUT2D eigenvalue weighted by Gasteiger charge is -2.02. The summed E-state index contributed by atoms with van der Waals surface area (Å²) in [5.74, 6) is -0.00411. The Morgan fingerprint density at radius 1 is 1.14 bits per heavy atom. The number of halogens is 1. The molecule has 1 amide bonds. The highest BCUT2D eigenvalue weighted by Crippen LogP contribution is 2.24. The number of fused-ring (bicyclic) bond motifs is 2. The summed E-state index contributed by atoms with van der Waals surface area (Å²) in [7, 11) is 0. The lowest BCUT2D eigenvalue weighted by Crippen LogP contribution is -2.10. The normalized spacial score (nSPS) is 11.1. The number of carbonyl (C=O) groups is 1. The van der Waals surface area contributed by atoms with E-state index in [0.717, 1.165) is 20.8 Å². The molecule has 2 N–H and O–H groups in total. The van der Waals surface area contributed by atoms with Gasteiger partial charge in [-0.25, -0.2) is 0 Å². The van der Waals surface area contributed by atoms with E-state index in [1.807, 2.05) is 36.4 Å². The zero-order chi connectivity index (χ0) is 15.1. The zero-order valence-corrected chi connectivity index (χ0v) is 12.8. The summed E-state index contributed by atoms with van der Waals surface area (Å²) >= 11 is 3.38. The molecule has 0 atom stereocenters. The van der Waals surface area contributed by atoms with Crippen molar-refractivity contribution in [3.8, 4) is 0 Å². The van der Waals surface area contributed by atoms with Crippen molar-refractivity contribution in [3.05, 3.63) is 58.9 Å². The summed E-state index contributed by atoms with van der Waals surface area (Å²) in [4.78, 5) is 12.3. The van der Waals surface area contributed by atoms with E-state index in [4.69, 9.17) is 4.42 Å². The van der Waals surface area contributed by atoms with Crippen LogP contribution in [0.25, 0.3) is 21.9 Å². The average Bonchev–Trinajstić information content (AvgIpc) is 3.12. The molecule has 0 saturated carbocycles. The average molecular weight is 356 g/mol. The third kappa shape index (κ3) is 2.27. The van der Waals surface area contributed by atoms with Gasteiger partial charge in [0.05, 0.1) is 11.7 Å². The fourth-order valence-electron chi connectivity index (χ4n) is 2.33. The number of H-pyrrole nitrogens is 1. The van der Waals surface area contributed by atoms with Crippen molar-refractivity contribution in [2.75, 3.05) is 5.32 Å². The van der Waals surface area contributed by atoms with Crippen molar-refractivity contribution >= 4 is 49.4 Å². The molecule has 0 radical (unpaired) electrons. The molecule has 0 saturated heterocycles. The molecule has 2 aromatic heterocycles. The van der Waals surface area contributed by atoms with E-state index < -0.39 is 0 Å². The Hall–Kier alpha value is -2.60. The molecule has 2 aromatic carbocycles. The Kier molecular flexibility index (Phi) is 2.97. The summed E-state index contributed by atoms with van der Waals surface area (Å²) in [5, 5.41) is 11.5. The van der Waals surface area contributed by atoms with Gasteiger partial charge in [-0.1, -0.05) is 15.9 Å².